The summed E-state index contributed by atoms with van der Waals surface area (Å²) in [5.41, 5.74) is 1.01. The zero-order valence-electron chi connectivity index (χ0n) is 14.7. The van der Waals surface area contributed by atoms with Gasteiger partial charge in [-0.1, -0.05) is 23.4 Å². The van der Waals surface area contributed by atoms with Crippen LogP contribution in [0.2, 0.25) is 0 Å². The molecule has 0 radical (unpaired) electrons. The lowest BCUT2D eigenvalue weighted by Gasteiger charge is -2.07. The molecule has 4 N–H and O–H groups in total. The van der Waals surface area contributed by atoms with Crippen molar-refractivity contribution >= 4 is 27.3 Å². The number of carbonyl (C=O) groups excluding carboxylic acids is 1. The smallest absolute Gasteiger partial charge is 0.273 e. The fourth-order valence-corrected chi connectivity index (χ4v) is 3.71. The summed E-state index contributed by atoms with van der Waals surface area (Å²) in [6.07, 6.45) is 1.28. The number of aliphatic hydroxyl groups excluding tert-OH is 1. The Morgan fingerprint density at radius 1 is 1.29 bits per heavy atom. The molecule has 2 aromatic heterocycles. The van der Waals surface area contributed by atoms with Crippen molar-refractivity contribution in [2.24, 2.45) is 5.14 Å². The van der Waals surface area contributed by atoms with E-state index in [2.05, 4.69) is 15.6 Å². The van der Waals surface area contributed by atoms with E-state index in [0.29, 0.717) is 13.0 Å². The zero-order chi connectivity index (χ0) is 20.1. The molecule has 11 heteroatoms. The van der Waals surface area contributed by atoms with Crippen LogP contribution in [0.3, 0.4) is 0 Å². The molecule has 0 aliphatic carbocycles. The van der Waals surface area contributed by atoms with Gasteiger partial charge in [-0.05, 0) is 35.6 Å². The molecule has 0 saturated heterocycles. The van der Waals surface area contributed by atoms with Gasteiger partial charge in [-0.2, -0.15) is 0 Å². The lowest BCUT2D eigenvalue weighted by molar-refractivity contribution is 0.0949. The van der Waals surface area contributed by atoms with Gasteiger partial charge >= 0.3 is 0 Å². The standard InChI is InChI=1S/C17H19N5O4S2/c18-28(25,26)13-5-3-12(4-6-13)7-8-19-17(24)14-10-22(21-20-14)11-15(23)16-2-1-9-27-16/h1-6,9-10,15,23H,7-8,11H2,(H,19,24)(H2,18,25,26). The number of hydrogen-bond acceptors (Lipinski definition) is 7. The first-order chi connectivity index (χ1) is 13.3. The lowest BCUT2D eigenvalue weighted by atomic mass is 10.1. The SMILES string of the molecule is NS(=O)(=O)c1ccc(CCNC(=O)c2cn(CC(O)c3cccs3)nn2)cc1. The summed E-state index contributed by atoms with van der Waals surface area (Å²) in [4.78, 5) is 13.0. The number of thiophene rings is 1. The number of aliphatic hydroxyl groups is 1. The van der Waals surface area contributed by atoms with Gasteiger partial charge in [0.25, 0.3) is 5.91 Å². The topological polar surface area (TPSA) is 140 Å². The van der Waals surface area contributed by atoms with Crippen molar-refractivity contribution in [1.29, 1.82) is 0 Å². The summed E-state index contributed by atoms with van der Waals surface area (Å²) >= 11 is 1.44. The molecule has 1 atom stereocenters. The minimum absolute atomic E-state index is 0.0432. The lowest BCUT2D eigenvalue weighted by Crippen LogP contribution is -2.26. The van der Waals surface area contributed by atoms with Crippen LogP contribution in [-0.2, 0) is 23.0 Å². The van der Waals surface area contributed by atoms with Crippen molar-refractivity contribution in [3.63, 3.8) is 0 Å². The van der Waals surface area contributed by atoms with E-state index in [4.69, 9.17) is 5.14 Å². The first kappa shape index (κ1) is 20.1. The van der Waals surface area contributed by atoms with Crippen LogP contribution in [-0.4, -0.2) is 41.0 Å². The Hall–Kier alpha value is -2.60. The largest absolute Gasteiger partial charge is 0.386 e. The van der Waals surface area contributed by atoms with E-state index in [0.717, 1.165) is 10.4 Å². The van der Waals surface area contributed by atoms with Gasteiger partial charge in [-0.25, -0.2) is 18.2 Å². The minimum atomic E-state index is -3.71. The predicted octanol–water partition coefficient (Wildman–Crippen LogP) is 0.693. The van der Waals surface area contributed by atoms with Crippen LogP contribution in [0.5, 0.6) is 0 Å². The van der Waals surface area contributed by atoms with Crippen LogP contribution in [0.15, 0.2) is 52.9 Å². The van der Waals surface area contributed by atoms with Gasteiger partial charge in [-0.3, -0.25) is 4.79 Å². The average Bonchev–Trinajstić information content (AvgIpc) is 3.33. The normalized spacial score (nSPS) is 12.6. The van der Waals surface area contributed by atoms with E-state index in [1.54, 1.807) is 12.1 Å². The van der Waals surface area contributed by atoms with Crippen LogP contribution in [0.1, 0.15) is 27.0 Å². The highest BCUT2D eigenvalue weighted by Crippen LogP contribution is 2.19. The predicted molar refractivity (Wildman–Crippen MR) is 103 cm³/mol. The fraction of sp³-hybridized carbons (Fsp3) is 0.235. The van der Waals surface area contributed by atoms with Crippen molar-refractivity contribution in [1.82, 2.24) is 20.3 Å². The highest BCUT2D eigenvalue weighted by atomic mass is 32.2. The van der Waals surface area contributed by atoms with Crippen LogP contribution < -0.4 is 10.5 Å². The van der Waals surface area contributed by atoms with Crippen molar-refractivity contribution in [2.75, 3.05) is 6.54 Å². The molecule has 0 aliphatic heterocycles. The maximum absolute atomic E-state index is 12.2. The Balaban J connectivity index is 1.49. The molecule has 0 aliphatic rings. The Morgan fingerprint density at radius 2 is 2.04 bits per heavy atom. The third-order valence-electron chi connectivity index (χ3n) is 3.95. The van der Waals surface area contributed by atoms with E-state index in [1.165, 1.54) is 34.3 Å². The molecule has 0 saturated carbocycles. The highest BCUT2D eigenvalue weighted by Gasteiger charge is 2.14. The van der Waals surface area contributed by atoms with Gasteiger partial charge in [0.1, 0.15) is 6.10 Å². The number of nitrogens with one attached hydrogen (secondary N) is 1. The summed E-state index contributed by atoms with van der Waals surface area (Å²) in [6.45, 7) is 0.551. The minimum Gasteiger partial charge on any atom is -0.386 e. The third kappa shape index (κ3) is 5.23. The number of nitrogens with two attached hydrogens (primary N) is 1. The fourth-order valence-electron chi connectivity index (χ4n) is 2.50. The maximum atomic E-state index is 12.2. The van der Waals surface area contributed by atoms with Gasteiger partial charge in [0, 0.05) is 11.4 Å². The van der Waals surface area contributed by atoms with Crippen molar-refractivity contribution < 1.29 is 18.3 Å². The van der Waals surface area contributed by atoms with Crippen molar-refractivity contribution in [3.8, 4) is 0 Å². The summed E-state index contributed by atoms with van der Waals surface area (Å²) in [5, 5.41) is 27.5. The number of primary sulfonamides is 1. The number of sulfonamides is 1. The number of benzene rings is 1. The molecule has 28 heavy (non-hydrogen) atoms. The average molecular weight is 422 g/mol. The van der Waals surface area contributed by atoms with E-state index in [9.17, 15) is 18.3 Å². The molecule has 148 valence electrons. The molecule has 2 heterocycles. The quantitative estimate of drug-likeness (QED) is 0.489. The van der Waals surface area contributed by atoms with E-state index < -0.39 is 16.1 Å². The molecular formula is C17H19N5O4S2. The third-order valence-corrected chi connectivity index (χ3v) is 5.86. The monoisotopic (exact) mass is 421 g/mol. The number of aromatic nitrogens is 3. The second kappa shape index (κ2) is 8.61. The molecule has 1 aromatic carbocycles. The Kier molecular flexibility index (Phi) is 6.19. The number of hydrogen-bond donors (Lipinski definition) is 3. The van der Waals surface area contributed by atoms with E-state index in [-0.39, 0.29) is 23.0 Å². The maximum Gasteiger partial charge on any atom is 0.273 e. The molecule has 9 nitrogen and oxygen atoms in total. The van der Waals surface area contributed by atoms with E-state index in [1.807, 2.05) is 17.5 Å². The number of nitrogens with zero attached hydrogens (tertiary/aromatic N) is 3. The summed E-state index contributed by atoms with van der Waals surface area (Å²) in [6, 6.07) is 9.83. The van der Waals surface area contributed by atoms with Crippen LogP contribution in [0.4, 0.5) is 0 Å². The van der Waals surface area contributed by atoms with Gasteiger partial charge in [0.05, 0.1) is 17.6 Å². The van der Waals surface area contributed by atoms with Gasteiger partial charge in [0.2, 0.25) is 10.0 Å². The number of amides is 1. The molecule has 1 amide bonds. The molecule has 0 bridgehead atoms. The Bertz CT molecular complexity index is 1030. The molecule has 1 unspecified atom stereocenters. The Labute approximate surface area is 165 Å². The van der Waals surface area contributed by atoms with Crippen LogP contribution >= 0.6 is 11.3 Å². The van der Waals surface area contributed by atoms with Crippen LogP contribution in [0.25, 0.3) is 0 Å². The van der Waals surface area contributed by atoms with Crippen molar-refractivity contribution in [3.05, 3.63) is 64.1 Å². The van der Waals surface area contributed by atoms with Crippen molar-refractivity contribution in [2.45, 2.75) is 24.0 Å². The highest BCUT2D eigenvalue weighted by molar-refractivity contribution is 7.89. The van der Waals surface area contributed by atoms with Gasteiger partial charge in [-0.15, -0.1) is 16.4 Å². The summed E-state index contributed by atoms with van der Waals surface area (Å²) in [7, 11) is -3.71. The first-order valence-electron chi connectivity index (χ1n) is 8.34. The number of carbonyl (C=O) groups is 1. The molecule has 0 fully saturated rings. The first-order valence-corrected chi connectivity index (χ1v) is 10.8. The summed E-state index contributed by atoms with van der Waals surface area (Å²) < 4.78 is 23.9. The zero-order valence-corrected chi connectivity index (χ0v) is 16.4. The summed E-state index contributed by atoms with van der Waals surface area (Å²) in [5.74, 6) is -0.377. The molecule has 3 aromatic rings. The Morgan fingerprint density at radius 3 is 2.68 bits per heavy atom. The molecule has 0 spiro atoms. The van der Waals surface area contributed by atoms with E-state index >= 15 is 0 Å². The van der Waals surface area contributed by atoms with Crippen LogP contribution in [0, 0.1) is 0 Å². The number of rotatable bonds is 8. The van der Waals surface area contributed by atoms with Gasteiger partial charge in [0.15, 0.2) is 5.69 Å². The second-order valence-electron chi connectivity index (χ2n) is 6.05. The van der Waals surface area contributed by atoms with Gasteiger partial charge < -0.3 is 10.4 Å². The molecular weight excluding hydrogens is 402 g/mol. The second-order valence-corrected chi connectivity index (χ2v) is 8.59. The molecule has 3 rings (SSSR count).